The van der Waals surface area contributed by atoms with Crippen LogP contribution >= 0.6 is 0 Å². The Bertz CT molecular complexity index is 773. The van der Waals surface area contributed by atoms with E-state index in [1.807, 2.05) is 30.3 Å². The van der Waals surface area contributed by atoms with E-state index in [0.717, 1.165) is 35.7 Å². The molecule has 2 aromatic rings. The second-order valence-corrected chi connectivity index (χ2v) is 6.35. The number of nitrogens with one attached hydrogen (secondary N) is 2. The van der Waals surface area contributed by atoms with Crippen molar-refractivity contribution in [2.24, 2.45) is 5.92 Å². The molecule has 136 valence electrons. The first kappa shape index (κ1) is 16.7. The quantitative estimate of drug-likeness (QED) is 0.858. The van der Waals surface area contributed by atoms with Gasteiger partial charge in [-0.05, 0) is 42.7 Å². The number of hydrogen-bond acceptors (Lipinski definition) is 6. The number of aromatic nitrogens is 1. The lowest BCUT2D eigenvalue weighted by atomic mass is 9.99. The number of amides is 1. The Kier molecular flexibility index (Phi) is 4.88. The smallest absolute Gasteiger partial charge is 0.231 e. The third kappa shape index (κ3) is 3.88. The summed E-state index contributed by atoms with van der Waals surface area (Å²) in [5, 5.41) is 6.19. The number of benzene rings is 1. The molecule has 7 heteroatoms. The van der Waals surface area contributed by atoms with Crippen LogP contribution in [-0.2, 0) is 16.1 Å². The average Bonchev–Trinajstić information content (AvgIpc) is 3.16. The van der Waals surface area contributed by atoms with Gasteiger partial charge in [-0.15, -0.1) is 0 Å². The summed E-state index contributed by atoms with van der Waals surface area (Å²) < 4.78 is 16.0. The van der Waals surface area contributed by atoms with E-state index in [0.29, 0.717) is 25.4 Å². The van der Waals surface area contributed by atoms with Crippen LogP contribution < -0.4 is 20.1 Å². The van der Waals surface area contributed by atoms with Crippen molar-refractivity contribution in [3.63, 3.8) is 0 Å². The Morgan fingerprint density at radius 3 is 2.77 bits per heavy atom. The first-order chi connectivity index (χ1) is 12.8. The number of rotatable bonds is 5. The van der Waals surface area contributed by atoms with Crippen LogP contribution in [0.5, 0.6) is 11.5 Å². The molecule has 1 aromatic carbocycles. The fourth-order valence-corrected chi connectivity index (χ4v) is 3.02. The fraction of sp³-hybridized carbons (Fsp3) is 0.368. The zero-order valence-electron chi connectivity index (χ0n) is 14.4. The van der Waals surface area contributed by atoms with Gasteiger partial charge in [0.25, 0.3) is 0 Å². The van der Waals surface area contributed by atoms with E-state index in [1.54, 1.807) is 6.20 Å². The van der Waals surface area contributed by atoms with Crippen LogP contribution in [0.25, 0.3) is 0 Å². The number of hydrogen-bond donors (Lipinski definition) is 2. The second kappa shape index (κ2) is 7.61. The van der Waals surface area contributed by atoms with Crippen LogP contribution in [0.15, 0.2) is 36.5 Å². The number of anilines is 2. The summed E-state index contributed by atoms with van der Waals surface area (Å²) in [5.41, 5.74) is 1.78. The van der Waals surface area contributed by atoms with Gasteiger partial charge >= 0.3 is 0 Å². The van der Waals surface area contributed by atoms with Crippen LogP contribution in [0.4, 0.5) is 11.5 Å². The van der Waals surface area contributed by atoms with E-state index in [-0.39, 0.29) is 18.6 Å². The highest BCUT2D eigenvalue weighted by Crippen LogP contribution is 2.32. The molecule has 3 heterocycles. The third-order valence-electron chi connectivity index (χ3n) is 4.53. The number of ether oxygens (including phenoxy) is 3. The molecule has 0 unspecified atom stereocenters. The van der Waals surface area contributed by atoms with Crippen LogP contribution in [0, 0.1) is 5.92 Å². The van der Waals surface area contributed by atoms with Crippen LogP contribution in [0.1, 0.15) is 18.4 Å². The average molecular weight is 355 g/mol. The molecule has 0 saturated carbocycles. The monoisotopic (exact) mass is 355 g/mol. The summed E-state index contributed by atoms with van der Waals surface area (Å²) in [7, 11) is 0. The van der Waals surface area contributed by atoms with Gasteiger partial charge in [-0.1, -0.05) is 6.07 Å². The lowest BCUT2D eigenvalue weighted by Gasteiger charge is -2.21. The van der Waals surface area contributed by atoms with E-state index >= 15 is 0 Å². The number of pyridine rings is 1. The standard InChI is InChI=1S/C19H21N3O4/c23-19(14-5-7-24-8-6-14)22-15-2-4-18(21-11-15)20-10-13-1-3-16-17(9-13)26-12-25-16/h1-4,9,11,14H,5-8,10,12H2,(H,20,21)(H,22,23). The number of carbonyl (C=O) groups excluding carboxylic acids is 1. The minimum Gasteiger partial charge on any atom is -0.454 e. The molecular formula is C19H21N3O4. The minimum absolute atomic E-state index is 0.0209. The number of nitrogens with zero attached hydrogens (tertiary/aromatic N) is 1. The lowest BCUT2D eigenvalue weighted by Crippen LogP contribution is -2.28. The first-order valence-corrected chi connectivity index (χ1v) is 8.75. The van der Waals surface area contributed by atoms with Gasteiger partial charge in [0.05, 0.1) is 11.9 Å². The summed E-state index contributed by atoms with van der Waals surface area (Å²) in [6, 6.07) is 9.56. The van der Waals surface area contributed by atoms with Crippen molar-refractivity contribution < 1.29 is 19.0 Å². The number of carbonyl (C=O) groups is 1. The molecule has 0 atom stereocenters. The van der Waals surface area contributed by atoms with Gasteiger partial charge in [0.1, 0.15) is 5.82 Å². The van der Waals surface area contributed by atoms with Crippen molar-refractivity contribution in [2.45, 2.75) is 19.4 Å². The molecule has 26 heavy (non-hydrogen) atoms. The van der Waals surface area contributed by atoms with Gasteiger partial charge in [-0.25, -0.2) is 4.98 Å². The summed E-state index contributed by atoms with van der Waals surface area (Å²) in [5.74, 6) is 2.34. The molecule has 1 fully saturated rings. The molecule has 0 spiro atoms. The van der Waals surface area contributed by atoms with Crippen molar-refractivity contribution in [1.29, 1.82) is 0 Å². The fourth-order valence-electron chi connectivity index (χ4n) is 3.02. The highest BCUT2D eigenvalue weighted by molar-refractivity contribution is 5.92. The second-order valence-electron chi connectivity index (χ2n) is 6.35. The molecule has 0 aliphatic carbocycles. The Morgan fingerprint density at radius 2 is 1.96 bits per heavy atom. The summed E-state index contributed by atoms with van der Waals surface area (Å²) >= 11 is 0. The van der Waals surface area contributed by atoms with E-state index < -0.39 is 0 Å². The Hall–Kier alpha value is -2.80. The highest BCUT2D eigenvalue weighted by Gasteiger charge is 2.21. The molecular weight excluding hydrogens is 334 g/mol. The first-order valence-electron chi connectivity index (χ1n) is 8.75. The SMILES string of the molecule is O=C(Nc1ccc(NCc2ccc3c(c2)OCO3)nc1)C1CCOCC1. The van der Waals surface area contributed by atoms with Gasteiger partial charge in [-0.2, -0.15) is 0 Å². The topological polar surface area (TPSA) is 81.7 Å². The number of fused-ring (bicyclic) bond motifs is 1. The van der Waals surface area contributed by atoms with Gasteiger partial charge in [-0.3, -0.25) is 4.79 Å². The van der Waals surface area contributed by atoms with Crippen LogP contribution in [0.3, 0.4) is 0 Å². The predicted octanol–water partition coefficient (Wildman–Crippen LogP) is 2.79. The summed E-state index contributed by atoms with van der Waals surface area (Å²) in [6.07, 6.45) is 3.21. The molecule has 2 aliphatic rings. The van der Waals surface area contributed by atoms with E-state index in [4.69, 9.17) is 14.2 Å². The molecule has 4 rings (SSSR count). The third-order valence-corrected chi connectivity index (χ3v) is 4.53. The maximum Gasteiger partial charge on any atom is 0.231 e. The molecule has 2 aliphatic heterocycles. The van der Waals surface area contributed by atoms with Crippen molar-refractivity contribution in [3.05, 3.63) is 42.1 Å². The van der Waals surface area contributed by atoms with Crippen molar-refractivity contribution in [3.8, 4) is 11.5 Å². The maximum atomic E-state index is 12.2. The normalized spacial score (nSPS) is 16.3. The molecule has 0 bridgehead atoms. The highest BCUT2D eigenvalue weighted by atomic mass is 16.7. The molecule has 7 nitrogen and oxygen atoms in total. The van der Waals surface area contributed by atoms with Gasteiger partial charge in [0.15, 0.2) is 11.5 Å². The molecule has 1 aromatic heterocycles. The Balaban J connectivity index is 1.30. The predicted molar refractivity (Wildman–Crippen MR) is 96.3 cm³/mol. The molecule has 1 amide bonds. The van der Waals surface area contributed by atoms with E-state index in [2.05, 4.69) is 15.6 Å². The zero-order valence-corrected chi connectivity index (χ0v) is 14.4. The van der Waals surface area contributed by atoms with Gasteiger partial charge in [0, 0.05) is 25.7 Å². The van der Waals surface area contributed by atoms with Crippen molar-refractivity contribution in [1.82, 2.24) is 4.98 Å². The van der Waals surface area contributed by atoms with Crippen molar-refractivity contribution in [2.75, 3.05) is 30.6 Å². The van der Waals surface area contributed by atoms with E-state index in [1.165, 1.54) is 0 Å². The Morgan fingerprint density at radius 1 is 1.12 bits per heavy atom. The molecule has 0 radical (unpaired) electrons. The Labute approximate surface area is 151 Å². The maximum absolute atomic E-state index is 12.2. The van der Waals surface area contributed by atoms with E-state index in [9.17, 15) is 4.79 Å². The van der Waals surface area contributed by atoms with Crippen LogP contribution in [0.2, 0.25) is 0 Å². The van der Waals surface area contributed by atoms with Gasteiger partial charge in [0.2, 0.25) is 12.7 Å². The molecule has 2 N–H and O–H groups in total. The lowest BCUT2D eigenvalue weighted by molar-refractivity contribution is -0.122. The van der Waals surface area contributed by atoms with Gasteiger partial charge < -0.3 is 24.8 Å². The largest absolute Gasteiger partial charge is 0.454 e. The summed E-state index contributed by atoms with van der Waals surface area (Å²) in [6.45, 7) is 2.20. The minimum atomic E-state index is 0.0209. The van der Waals surface area contributed by atoms with Crippen molar-refractivity contribution >= 4 is 17.4 Å². The summed E-state index contributed by atoms with van der Waals surface area (Å²) in [4.78, 5) is 16.6. The van der Waals surface area contributed by atoms with Crippen LogP contribution in [-0.4, -0.2) is 30.9 Å². The molecule has 1 saturated heterocycles. The zero-order chi connectivity index (χ0) is 17.8.